The minimum absolute atomic E-state index is 0.0779. The topological polar surface area (TPSA) is 71.9 Å². The molecule has 140 valence electrons. The second-order valence-corrected chi connectivity index (χ2v) is 7.67. The van der Waals surface area contributed by atoms with Crippen LogP contribution in [0.5, 0.6) is 5.75 Å². The smallest absolute Gasteiger partial charge is 0.370 e. The minimum Gasteiger partial charge on any atom is -0.497 e. The molecule has 1 aromatic heterocycles. The zero-order chi connectivity index (χ0) is 18.5. The van der Waals surface area contributed by atoms with Crippen molar-refractivity contribution in [2.75, 3.05) is 20.2 Å². The fourth-order valence-electron chi connectivity index (χ4n) is 4.98. The molecule has 4 bridgehead atoms. The molecule has 5 atom stereocenters. The molecule has 6 nitrogen and oxygen atoms in total. The number of carboxylic acid groups (broad SMARTS) is 1. The summed E-state index contributed by atoms with van der Waals surface area (Å²) in [7, 11) is 1.64. The van der Waals surface area contributed by atoms with E-state index >= 15 is 0 Å². The fraction of sp³-hybridized carbons (Fsp3) is 0.429. The molecule has 2 aromatic rings. The summed E-state index contributed by atoms with van der Waals surface area (Å²) < 4.78 is 11.6. The Morgan fingerprint density at radius 1 is 1.37 bits per heavy atom. The normalized spacial score (nSPS) is 33.7. The molecule has 5 aliphatic heterocycles. The number of hydrogen-bond acceptors (Lipinski definition) is 5. The summed E-state index contributed by atoms with van der Waals surface area (Å²) in [4.78, 5) is 18.7. The van der Waals surface area contributed by atoms with Gasteiger partial charge in [0.15, 0.2) is 0 Å². The highest BCUT2D eigenvalue weighted by Gasteiger charge is 2.46. The quantitative estimate of drug-likeness (QED) is 0.900. The number of carbonyl (C=O) groups is 1. The van der Waals surface area contributed by atoms with Gasteiger partial charge in [-0.2, -0.15) is 0 Å². The lowest BCUT2D eigenvalue weighted by Gasteiger charge is -2.52. The molecule has 5 aliphatic rings. The van der Waals surface area contributed by atoms with Crippen molar-refractivity contribution in [1.82, 2.24) is 9.88 Å². The molecular weight excluding hydrogens is 344 g/mol. The van der Waals surface area contributed by atoms with Crippen LogP contribution in [0.1, 0.15) is 24.5 Å². The van der Waals surface area contributed by atoms with Gasteiger partial charge in [-0.1, -0.05) is 0 Å². The van der Waals surface area contributed by atoms with Crippen molar-refractivity contribution in [2.24, 2.45) is 11.8 Å². The third-order valence-electron chi connectivity index (χ3n) is 6.32. The van der Waals surface area contributed by atoms with Crippen molar-refractivity contribution >= 4 is 16.9 Å². The summed E-state index contributed by atoms with van der Waals surface area (Å²) in [6.45, 7) is 1.96. The number of rotatable bonds is 3. The summed E-state index contributed by atoms with van der Waals surface area (Å²) in [5.41, 5.74) is 1.83. The number of piperidine rings is 3. The van der Waals surface area contributed by atoms with Crippen molar-refractivity contribution in [3.8, 4) is 5.75 Å². The SMILES string of the molecule is COc1ccc2nccc([C@@H]3O/C(C(=O)O)=C\C4CN5CCC4CC35)c2c1. The van der Waals surface area contributed by atoms with E-state index in [9.17, 15) is 9.90 Å². The van der Waals surface area contributed by atoms with Crippen LogP contribution in [0, 0.1) is 11.8 Å². The summed E-state index contributed by atoms with van der Waals surface area (Å²) >= 11 is 0. The van der Waals surface area contributed by atoms with Crippen LogP contribution in [0.25, 0.3) is 10.9 Å². The van der Waals surface area contributed by atoms with E-state index in [4.69, 9.17) is 9.47 Å². The number of pyridine rings is 1. The van der Waals surface area contributed by atoms with Gasteiger partial charge in [-0.3, -0.25) is 9.88 Å². The van der Waals surface area contributed by atoms with Gasteiger partial charge >= 0.3 is 5.97 Å². The van der Waals surface area contributed by atoms with Gasteiger partial charge in [-0.15, -0.1) is 0 Å². The Morgan fingerprint density at radius 2 is 2.26 bits per heavy atom. The van der Waals surface area contributed by atoms with Crippen molar-refractivity contribution in [3.63, 3.8) is 0 Å². The molecule has 0 spiro atoms. The summed E-state index contributed by atoms with van der Waals surface area (Å²) in [6.07, 6.45) is 5.43. The molecule has 4 unspecified atom stereocenters. The van der Waals surface area contributed by atoms with E-state index in [0.717, 1.165) is 48.1 Å². The second-order valence-electron chi connectivity index (χ2n) is 7.67. The number of carboxylic acids is 1. The molecule has 7 rings (SSSR count). The number of ether oxygens (including phenoxy) is 2. The first-order valence-electron chi connectivity index (χ1n) is 9.42. The van der Waals surface area contributed by atoms with E-state index in [1.807, 2.05) is 30.3 Å². The Kier molecular flexibility index (Phi) is 3.82. The lowest BCUT2D eigenvalue weighted by molar-refractivity contribution is -0.141. The van der Waals surface area contributed by atoms with E-state index in [1.165, 1.54) is 0 Å². The average molecular weight is 366 g/mol. The van der Waals surface area contributed by atoms with Gasteiger partial charge in [0.2, 0.25) is 5.76 Å². The molecule has 0 aliphatic carbocycles. The Bertz CT molecular complexity index is 941. The Labute approximate surface area is 157 Å². The van der Waals surface area contributed by atoms with E-state index in [-0.39, 0.29) is 23.8 Å². The van der Waals surface area contributed by atoms with Crippen molar-refractivity contribution in [2.45, 2.75) is 25.0 Å². The lowest BCUT2D eigenvalue weighted by atomic mass is 9.72. The molecular formula is C21H22N2O4. The van der Waals surface area contributed by atoms with E-state index < -0.39 is 5.97 Å². The van der Waals surface area contributed by atoms with Gasteiger partial charge in [0.05, 0.1) is 18.7 Å². The number of nitrogens with zero attached hydrogens (tertiary/aromatic N) is 2. The molecule has 1 N–H and O–H groups in total. The van der Waals surface area contributed by atoms with Gasteiger partial charge in [-0.05, 0) is 61.6 Å². The maximum absolute atomic E-state index is 11.8. The molecule has 3 fully saturated rings. The van der Waals surface area contributed by atoms with Crippen LogP contribution in [0.15, 0.2) is 42.3 Å². The van der Waals surface area contributed by atoms with Gasteiger partial charge in [0.1, 0.15) is 11.9 Å². The van der Waals surface area contributed by atoms with Gasteiger partial charge in [-0.25, -0.2) is 4.79 Å². The molecule has 0 saturated carbocycles. The molecule has 3 saturated heterocycles. The molecule has 6 heterocycles. The third kappa shape index (κ3) is 2.67. The van der Waals surface area contributed by atoms with E-state index in [2.05, 4.69) is 9.88 Å². The van der Waals surface area contributed by atoms with Crippen LogP contribution in [-0.4, -0.2) is 47.2 Å². The predicted octanol–water partition coefficient (Wildman–Crippen LogP) is 2.99. The van der Waals surface area contributed by atoms with Crippen LogP contribution in [0.3, 0.4) is 0 Å². The largest absolute Gasteiger partial charge is 0.497 e. The first-order chi connectivity index (χ1) is 13.1. The van der Waals surface area contributed by atoms with Gasteiger partial charge in [0, 0.05) is 23.7 Å². The zero-order valence-corrected chi connectivity index (χ0v) is 15.2. The standard InChI is InChI=1S/C21H22N2O4/c1-26-14-2-3-17-16(10-14)15(4-6-22-17)20-18-8-12-5-7-23(18)11-13(12)9-19(27-20)21(24)25/h2-4,6,9-10,12-13,18,20H,5,7-8,11H2,1H3,(H,24,25)/b19-9-/t12?,13?,18?,20-/m0/s1. The van der Waals surface area contributed by atoms with Crippen LogP contribution in [-0.2, 0) is 9.53 Å². The summed E-state index contributed by atoms with van der Waals surface area (Å²) in [6, 6.07) is 7.91. The monoisotopic (exact) mass is 366 g/mol. The number of fused-ring (bicyclic) bond motifs is 4. The second kappa shape index (κ2) is 6.23. The molecule has 6 heteroatoms. The molecule has 27 heavy (non-hydrogen) atoms. The van der Waals surface area contributed by atoms with Crippen LogP contribution in [0.4, 0.5) is 0 Å². The first kappa shape index (κ1) is 16.6. The minimum atomic E-state index is -0.991. The van der Waals surface area contributed by atoms with Crippen molar-refractivity contribution < 1.29 is 19.4 Å². The average Bonchev–Trinajstić information content (AvgIpc) is 2.68. The molecule has 1 aromatic carbocycles. The third-order valence-corrected chi connectivity index (χ3v) is 6.32. The van der Waals surface area contributed by atoms with Crippen LogP contribution < -0.4 is 4.74 Å². The predicted molar refractivity (Wildman–Crippen MR) is 99.4 cm³/mol. The van der Waals surface area contributed by atoms with E-state index in [0.29, 0.717) is 5.92 Å². The van der Waals surface area contributed by atoms with Crippen LogP contribution >= 0.6 is 0 Å². The number of methoxy groups -OCH3 is 1. The summed E-state index contributed by atoms with van der Waals surface area (Å²) in [5, 5.41) is 10.6. The Hall–Kier alpha value is -2.60. The lowest BCUT2D eigenvalue weighted by Crippen LogP contribution is -2.56. The van der Waals surface area contributed by atoms with E-state index in [1.54, 1.807) is 13.3 Å². The van der Waals surface area contributed by atoms with Gasteiger partial charge < -0.3 is 14.6 Å². The molecule has 0 amide bonds. The Balaban J connectivity index is 1.67. The highest BCUT2D eigenvalue weighted by atomic mass is 16.5. The van der Waals surface area contributed by atoms with Crippen molar-refractivity contribution in [3.05, 3.63) is 47.9 Å². The van der Waals surface area contributed by atoms with Gasteiger partial charge in [0.25, 0.3) is 0 Å². The summed E-state index contributed by atoms with van der Waals surface area (Å²) in [5.74, 6) is 0.644. The van der Waals surface area contributed by atoms with Crippen LogP contribution in [0.2, 0.25) is 0 Å². The maximum atomic E-state index is 11.8. The number of aromatic nitrogens is 1. The highest BCUT2D eigenvalue weighted by Crippen LogP contribution is 2.46. The Morgan fingerprint density at radius 3 is 3.00 bits per heavy atom. The number of benzene rings is 1. The highest BCUT2D eigenvalue weighted by molar-refractivity contribution is 5.86. The fourth-order valence-corrected chi connectivity index (χ4v) is 4.98. The first-order valence-corrected chi connectivity index (χ1v) is 9.42. The van der Waals surface area contributed by atoms with Crippen molar-refractivity contribution in [1.29, 1.82) is 0 Å². The number of hydrogen-bond donors (Lipinski definition) is 1. The molecule has 0 radical (unpaired) electrons. The zero-order valence-electron chi connectivity index (χ0n) is 15.2. The maximum Gasteiger partial charge on any atom is 0.370 e. The number of aliphatic carboxylic acids is 1.